The Kier molecular flexibility index (Phi) is 5.11. The molecule has 136 valence electrons. The molecule has 2 N–H and O–H groups in total. The van der Waals surface area contributed by atoms with Gasteiger partial charge in [0.15, 0.2) is 17.3 Å². The minimum atomic E-state index is -0.0398. The van der Waals surface area contributed by atoms with E-state index < -0.39 is 0 Å². The van der Waals surface area contributed by atoms with Crippen LogP contribution in [0.25, 0.3) is 11.0 Å². The minimum absolute atomic E-state index is 0.0398. The summed E-state index contributed by atoms with van der Waals surface area (Å²) in [5, 5.41) is 0. The highest BCUT2D eigenvalue weighted by molar-refractivity contribution is 5.96. The zero-order chi connectivity index (χ0) is 18.7. The number of aryl methyl sites for hydroxylation is 1. The maximum absolute atomic E-state index is 12.9. The lowest BCUT2D eigenvalue weighted by molar-refractivity contribution is -0.642. The topological polar surface area (TPSA) is 70.4 Å². The van der Waals surface area contributed by atoms with Gasteiger partial charge >= 0.3 is 5.95 Å². The highest BCUT2D eigenvalue weighted by Gasteiger charge is 2.23. The average molecular weight is 354 g/mol. The molecule has 0 amide bonds. The third-order valence-corrected chi connectivity index (χ3v) is 4.47. The first-order chi connectivity index (χ1) is 12.6. The molecule has 6 nitrogen and oxygen atoms in total. The van der Waals surface area contributed by atoms with E-state index in [2.05, 4.69) is 11.5 Å². The first kappa shape index (κ1) is 17.8. The first-order valence-electron chi connectivity index (χ1n) is 8.62. The van der Waals surface area contributed by atoms with Crippen molar-refractivity contribution in [3.63, 3.8) is 0 Å². The summed E-state index contributed by atoms with van der Waals surface area (Å²) in [5.41, 5.74) is 8.90. The van der Waals surface area contributed by atoms with E-state index >= 15 is 0 Å². The molecular weight excluding hydrogens is 330 g/mol. The maximum Gasteiger partial charge on any atom is 0.356 e. The summed E-state index contributed by atoms with van der Waals surface area (Å²) in [6, 6.07) is 13.1. The van der Waals surface area contributed by atoms with Crippen LogP contribution >= 0.6 is 0 Å². The molecule has 0 bridgehead atoms. The second-order valence-corrected chi connectivity index (χ2v) is 6.08. The van der Waals surface area contributed by atoms with E-state index in [1.54, 1.807) is 32.4 Å². The van der Waals surface area contributed by atoms with Gasteiger partial charge in [-0.1, -0.05) is 19.1 Å². The van der Waals surface area contributed by atoms with Gasteiger partial charge in [-0.25, -0.2) is 9.13 Å². The van der Waals surface area contributed by atoms with Gasteiger partial charge in [-0.15, -0.1) is 0 Å². The normalized spacial score (nSPS) is 10.9. The van der Waals surface area contributed by atoms with Crippen LogP contribution in [0.3, 0.4) is 0 Å². The van der Waals surface area contributed by atoms with Crippen LogP contribution < -0.4 is 19.8 Å². The molecular formula is C20H24N3O3+. The molecule has 3 aromatic rings. The molecule has 0 spiro atoms. The lowest BCUT2D eigenvalue weighted by Crippen LogP contribution is -2.40. The quantitative estimate of drug-likeness (QED) is 0.523. The number of nitrogens with two attached hydrogens (primary N) is 1. The van der Waals surface area contributed by atoms with Gasteiger partial charge in [0.2, 0.25) is 0 Å². The molecule has 0 aliphatic carbocycles. The fourth-order valence-corrected chi connectivity index (χ4v) is 3.18. The van der Waals surface area contributed by atoms with Crippen molar-refractivity contribution < 1.29 is 18.8 Å². The van der Waals surface area contributed by atoms with E-state index in [4.69, 9.17) is 15.2 Å². The van der Waals surface area contributed by atoms with E-state index in [9.17, 15) is 4.79 Å². The van der Waals surface area contributed by atoms with Crippen LogP contribution in [0, 0.1) is 0 Å². The molecule has 0 unspecified atom stereocenters. The summed E-state index contributed by atoms with van der Waals surface area (Å²) in [7, 11) is 3.12. The molecule has 2 aromatic carbocycles. The number of nitrogen functional groups attached to an aromatic ring is 1. The van der Waals surface area contributed by atoms with Crippen molar-refractivity contribution in [1.82, 2.24) is 4.57 Å². The largest absolute Gasteiger partial charge is 0.493 e. The Morgan fingerprint density at radius 2 is 1.85 bits per heavy atom. The lowest BCUT2D eigenvalue weighted by Gasteiger charge is -2.09. The lowest BCUT2D eigenvalue weighted by atomic mass is 10.1. The number of Topliss-reactive ketones (excluding diaryl/α,β-unsaturated/α-hetero) is 1. The van der Waals surface area contributed by atoms with Crippen molar-refractivity contribution in [2.75, 3.05) is 20.0 Å². The van der Waals surface area contributed by atoms with E-state index in [1.165, 1.54) is 0 Å². The summed E-state index contributed by atoms with van der Waals surface area (Å²) in [4.78, 5) is 12.9. The van der Waals surface area contributed by atoms with Crippen molar-refractivity contribution in [2.45, 2.75) is 26.4 Å². The number of anilines is 1. The highest BCUT2D eigenvalue weighted by Crippen LogP contribution is 2.28. The number of hydrogen-bond donors (Lipinski definition) is 1. The SMILES string of the molecule is CCCn1c(N)[n+](CC(=O)c2ccc(OC)c(OC)c2)c2ccccc21. The van der Waals surface area contributed by atoms with Crippen molar-refractivity contribution in [1.29, 1.82) is 0 Å². The number of carbonyl (C=O) groups is 1. The fourth-order valence-electron chi connectivity index (χ4n) is 3.18. The Morgan fingerprint density at radius 1 is 1.12 bits per heavy atom. The van der Waals surface area contributed by atoms with Gasteiger partial charge in [0, 0.05) is 5.56 Å². The number of hydrogen-bond acceptors (Lipinski definition) is 4. The Balaban J connectivity index is 1.99. The number of benzene rings is 2. The third kappa shape index (κ3) is 3.10. The van der Waals surface area contributed by atoms with Crippen LogP contribution in [0.5, 0.6) is 11.5 Å². The second kappa shape index (κ2) is 7.47. The molecule has 0 atom stereocenters. The molecule has 3 rings (SSSR count). The predicted octanol–water partition coefficient (Wildman–Crippen LogP) is 2.82. The molecule has 0 aliphatic rings. The number of fused-ring (bicyclic) bond motifs is 1. The van der Waals surface area contributed by atoms with E-state index in [0.29, 0.717) is 23.0 Å². The molecule has 6 heteroatoms. The number of ether oxygens (including phenoxy) is 2. The molecule has 0 saturated carbocycles. The molecule has 0 saturated heterocycles. The summed E-state index contributed by atoms with van der Waals surface area (Å²) in [6.07, 6.45) is 0.965. The summed E-state index contributed by atoms with van der Waals surface area (Å²) >= 11 is 0. The standard InChI is InChI=1S/C20H23N3O3/c1-4-11-22-15-7-5-6-8-16(15)23(20(22)21)13-17(24)14-9-10-18(25-2)19(12-14)26-3/h5-10,12,21H,4,11,13H2,1-3H3/p+1. The zero-order valence-corrected chi connectivity index (χ0v) is 15.4. The summed E-state index contributed by atoms with van der Waals surface area (Å²) in [5.74, 6) is 1.67. The molecule has 1 heterocycles. The van der Waals surface area contributed by atoms with Gasteiger partial charge in [0.05, 0.1) is 20.8 Å². The Bertz CT molecular complexity index is 947. The minimum Gasteiger partial charge on any atom is -0.493 e. The number of carbonyl (C=O) groups excluding carboxylic acids is 1. The number of imidazole rings is 1. The Labute approximate surface area is 152 Å². The molecule has 0 radical (unpaired) electrons. The van der Waals surface area contributed by atoms with Gasteiger partial charge in [0.1, 0.15) is 17.6 Å². The predicted molar refractivity (Wildman–Crippen MR) is 101 cm³/mol. The Hall–Kier alpha value is -3.02. The highest BCUT2D eigenvalue weighted by atomic mass is 16.5. The average Bonchev–Trinajstić information content (AvgIpc) is 2.93. The monoisotopic (exact) mass is 354 g/mol. The zero-order valence-electron chi connectivity index (χ0n) is 15.4. The van der Waals surface area contributed by atoms with Crippen LogP contribution in [0.15, 0.2) is 42.5 Å². The van der Waals surface area contributed by atoms with Crippen molar-refractivity contribution >= 4 is 22.8 Å². The van der Waals surface area contributed by atoms with Crippen molar-refractivity contribution in [3.05, 3.63) is 48.0 Å². The number of rotatable bonds is 7. The number of aromatic nitrogens is 2. The van der Waals surface area contributed by atoms with Crippen LogP contribution in [0.2, 0.25) is 0 Å². The van der Waals surface area contributed by atoms with E-state index in [-0.39, 0.29) is 12.3 Å². The molecule has 1 aromatic heterocycles. The summed E-state index contributed by atoms with van der Waals surface area (Å²) in [6.45, 7) is 3.08. The van der Waals surface area contributed by atoms with E-state index in [0.717, 1.165) is 24.0 Å². The van der Waals surface area contributed by atoms with Crippen LogP contribution in [-0.4, -0.2) is 24.6 Å². The van der Waals surface area contributed by atoms with Crippen molar-refractivity contribution in [2.24, 2.45) is 0 Å². The van der Waals surface area contributed by atoms with Crippen molar-refractivity contribution in [3.8, 4) is 11.5 Å². The molecule has 0 aliphatic heterocycles. The fraction of sp³-hybridized carbons (Fsp3) is 0.300. The smallest absolute Gasteiger partial charge is 0.356 e. The maximum atomic E-state index is 12.9. The second-order valence-electron chi connectivity index (χ2n) is 6.08. The number of ketones is 1. The van der Waals surface area contributed by atoms with Gasteiger partial charge in [0.25, 0.3) is 0 Å². The van der Waals surface area contributed by atoms with E-state index in [1.807, 2.05) is 28.8 Å². The first-order valence-corrected chi connectivity index (χ1v) is 8.62. The van der Waals surface area contributed by atoms with Crippen LogP contribution in [0.1, 0.15) is 23.7 Å². The number of methoxy groups -OCH3 is 2. The third-order valence-electron chi connectivity index (χ3n) is 4.47. The molecule has 0 fully saturated rings. The van der Waals surface area contributed by atoms with Crippen LogP contribution in [-0.2, 0) is 13.1 Å². The Morgan fingerprint density at radius 3 is 2.54 bits per heavy atom. The van der Waals surface area contributed by atoms with Gasteiger partial charge < -0.3 is 9.47 Å². The van der Waals surface area contributed by atoms with Gasteiger partial charge in [-0.2, -0.15) is 0 Å². The van der Waals surface area contributed by atoms with Gasteiger partial charge in [-0.05, 0) is 36.8 Å². The number of nitrogens with zero attached hydrogens (tertiary/aromatic N) is 2. The summed E-state index contributed by atoms with van der Waals surface area (Å²) < 4.78 is 14.4. The van der Waals surface area contributed by atoms with Gasteiger partial charge in [-0.3, -0.25) is 10.5 Å². The van der Waals surface area contributed by atoms with Crippen LogP contribution in [0.4, 0.5) is 5.95 Å². The molecule has 26 heavy (non-hydrogen) atoms. The number of para-hydroxylation sites is 2.